The van der Waals surface area contributed by atoms with Gasteiger partial charge in [-0.05, 0) is 75.3 Å². The van der Waals surface area contributed by atoms with Crippen LogP contribution in [0.2, 0.25) is 0 Å². The van der Waals surface area contributed by atoms with E-state index in [1.807, 2.05) is 49.9 Å². The molecule has 6 amide bonds. The van der Waals surface area contributed by atoms with Crippen molar-refractivity contribution in [1.82, 2.24) is 36.1 Å². The van der Waals surface area contributed by atoms with Crippen LogP contribution in [0.25, 0.3) is 0 Å². The molecule has 2 aromatic rings. The molecule has 0 spiro atoms. The highest BCUT2D eigenvalue weighted by Gasteiger charge is 2.33. The fourth-order valence-electron chi connectivity index (χ4n) is 5.76. The first-order chi connectivity index (χ1) is 24.2. The van der Waals surface area contributed by atoms with E-state index in [4.69, 9.17) is 4.74 Å². The summed E-state index contributed by atoms with van der Waals surface area (Å²) in [5.74, 6) is 0.946. The van der Waals surface area contributed by atoms with Crippen molar-refractivity contribution in [1.29, 1.82) is 0 Å². The fourth-order valence-corrected chi connectivity index (χ4v) is 5.76. The van der Waals surface area contributed by atoms with E-state index in [0.29, 0.717) is 51.0 Å². The molecule has 284 valence electrons. The second-order valence-corrected chi connectivity index (χ2v) is 12.4. The Kier molecular flexibility index (Phi) is 17.5. The van der Waals surface area contributed by atoms with Crippen LogP contribution in [-0.2, 0) is 22.2 Å². The van der Waals surface area contributed by atoms with Crippen LogP contribution in [0.5, 0.6) is 5.75 Å². The van der Waals surface area contributed by atoms with Crippen molar-refractivity contribution in [2.45, 2.75) is 104 Å². The van der Waals surface area contributed by atoms with Crippen molar-refractivity contribution in [2.24, 2.45) is 0 Å². The second-order valence-electron chi connectivity index (χ2n) is 12.4. The molecule has 2 saturated heterocycles. The Labute approximate surface area is 299 Å². The highest BCUT2D eigenvalue weighted by atomic mass is 19.4. The lowest BCUT2D eigenvalue weighted by atomic mass is 10.0. The minimum Gasteiger partial charge on any atom is -0.496 e. The summed E-state index contributed by atoms with van der Waals surface area (Å²) in [6.45, 7) is 13.2. The van der Waals surface area contributed by atoms with Gasteiger partial charge < -0.3 is 35.8 Å². The van der Waals surface area contributed by atoms with Crippen molar-refractivity contribution in [3.63, 3.8) is 0 Å². The van der Waals surface area contributed by atoms with Gasteiger partial charge >= 0.3 is 18.2 Å². The van der Waals surface area contributed by atoms with Gasteiger partial charge in [0.2, 0.25) is 11.8 Å². The predicted molar refractivity (Wildman–Crippen MR) is 189 cm³/mol. The second kappa shape index (κ2) is 21.0. The molecule has 4 N–H and O–H groups in total. The Morgan fingerprint density at radius 3 is 1.80 bits per heavy atom. The molecule has 1 aromatic carbocycles. The normalized spacial score (nSPS) is 16.2. The van der Waals surface area contributed by atoms with Crippen LogP contribution < -0.4 is 26.0 Å². The van der Waals surface area contributed by atoms with Crippen molar-refractivity contribution in [2.75, 3.05) is 33.3 Å². The van der Waals surface area contributed by atoms with Crippen LogP contribution in [0.3, 0.4) is 0 Å². The molecule has 4 rings (SSSR count). The molecule has 2 unspecified atom stereocenters. The number of methoxy groups -OCH3 is 1. The topological polar surface area (TPSA) is 145 Å². The molecule has 0 saturated carbocycles. The molecule has 0 bridgehead atoms. The molecule has 15 heteroatoms. The van der Waals surface area contributed by atoms with Gasteiger partial charge in [-0.1, -0.05) is 32.0 Å². The molecular weight excluding hydrogens is 667 g/mol. The number of urea groups is 2. The molecule has 0 aliphatic carbocycles. The van der Waals surface area contributed by atoms with Gasteiger partial charge in [-0.25, -0.2) is 9.59 Å². The van der Waals surface area contributed by atoms with Gasteiger partial charge in [0.05, 0.1) is 13.2 Å². The van der Waals surface area contributed by atoms with Crippen LogP contribution >= 0.6 is 0 Å². The molecule has 51 heavy (non-hydrogen) atoms. The summed E-state index contributed by atoms with van der Waals surface area (Å²) in [6, 6.07) is 9.05. The Balaban J connectivity index is 0.000000337. The van der Waals surface area contributed by atoms with Gasteiger partial charge in [-0.3, -0.25) is 14.6 Å². The van der Waals surface area contributed by atoms with Crippen molar-refractivity contribution in [3.05, 3.63) is 59.4 Å². The number of carbonyl (C=O) groups is 4. The minimum absolute atomic E-state index is 0.00129. The summed E-state index contributed by atoms with van der Waals surface area (Å²) >= 11 is 0. The van der Waals surface area contributed by atoms with E-state index in [0.717, 1.165) is 36.4 Å². The largest absolute Gasteiger partial charge is 0.496 e. The number of aromatic nitrogens is 1. The number of hydrogen-bond donors (Lipinski definition) is 4. The van der Waals surface area contributed by atoms with E-state index in [-0.39, 0.29) is 36.0 Å². The van der Waals surface area contributed by atoms with E-state index in [2.05, 4.69) is 26.3 Å². The number of alkyl halides is 3. The van der Waals surface area contributed by atoms with Gasteiger partial charge in [0.15, 0.2) is 0 Å². The smallest absolute Gasteiger partial charge is 0.433 e. The summed E-state index contributed by atoms with van der Waals surface area (Å²) < 4.78 is 43.4. The van der Waals surface area contributed by atoms with Crippen LogP contribution in [0, 0.1) is 0 Å². The van der Waals surface area contributed by atoms with Crippen molar-refractivity contribution in [3.8, 4) is 5.75 Å². The molecule has 3 heterocycles. The Hall–Kier alpha value is -4.56. The number of ether oxygens (including phenoxy) is 1. The SMILES string of the molecule is CC.CC(=O)N1CCC(NC(=O)NC(C)c2ccnc(C(F)(F)F)c2)CC1.COc1ccccc1CC(C)NC(=O)NC1CCN(C(C)=O)CC1. The highest BCUT2D eigenvalue weighted by Crippen LogP contribution is 2.29. The maximum absolute atomic E-state index is 12.7. The van der Waals surface area contributed by atoms with Crippen LogP contribution in [-0.4, -0.2) is 90.1 Å². The molecule has 2 atom stereocenters. The summed E-state index contributed by atoms with van der Waals surface area (Å²) in [7, 11) is 1.65. The minimum atomic E-state index is -4.53. The summed E-state index contributed by atoms with van der Waals surface area (Å²) in [5, 5.41) is 11.4. The van der Waals surface area contributed by atoms with Gasteiger partial charge in [0.1, 0.15) is 11.4 Å². The Bertz CT molecular complexity index is 1410. The lowest BCUT2D eigenvalue weighted by molar-refractivity contribution is -0.141. The molecule has 2 fully saturated rings. The van der Waals surface area contributed by atoms with E-state index in [9.17, 15) is 32.3 Å². The average Bonchev–Trinajstić information content (AvgIpc) is 3.09. The number of hydrogen-bond acceptors (Lipinski definition) is 6. The monoisotopic (exact) mass is 721 g/mol. The third kappa shape index (κ3) is 14.7. The molecule has 0 radical (unpaired) electrons. The molecule has 2 aliphatic heterocycles. The summed E-state index contributed by atoms with van der Waals surface area (Å²) in [6.07, 6.45) is 0.153. The fraction of sp³-hybridized carbons (Fsp3) is 0.583. The van der Waals surface area contributed by atoms with E-state index >= 15 is 0 Å². The van der Waals surface area contributed by atoms with Crippen molar-refractivity contribution >= 4 is 23.9 Å². The number of likely N-dealkylation sites (tertiary alicyclic amines) is 2. The van der Waals surface area contributed by atoms with Crippen molar-refractivity contribution < 1.29 is 37.1 Å². The number of pyridine rings is 1. The van der Waals surface area contributed by atoms with Gasteiger partial charge in [0, 0.05) is 64.3 Å². The number of nitrogens with zero attached hydrogens (tertiary/aromatic N) is 3. The zero-order valence-electron chi connectivity index (χ0n) is 30.7. The molecule has 1 aromatic heterocycles. The van der Waals surface area contributed by atoms with E-state index in [1.54, 1.807) is 25.9 Å². The number of piperidine rings is 2. The molecule has 12 nitrogen and oxygen atoms in total. The number of nitrogens with one attached hydrogen (secondary N) is 4. The van der Waals surface area contributed by atoms with Crippen LogP contribution in [0.15, 0.2) is 42.6 Å². The number of para-hydroxylation sites is 1. The van der Waals surface area contributed by atoms with E-state index in [1.165, 1.54) is 13.0 Å². The zero-order valence-corrected chi connectivity index (χ0v) is 30.7. The maximum Gasteiger partial charge on any atom is 0.433 e. The molecular formula is C36H54F3N7O5. The zero-order chi connectivity index (χ0) is 38.1. The summed E-state index contributed by atoms with van der Waals surface area (Å²) in [5.41, 5.74) is 0.405. The summed E-state index contributed by atoms with van der Waals surface area (Å²) in [4.78, 5) is 53.6. The lowest BCUT2D eigenvalue weighted by Gasteiger charge is -2.32. The maximum atomic E-state index is 12.7. The van der Waals surface area contributed by atoms with Crippen LogP contribution in [0.4, 0.5) is 22.8 Å². The van der Waals surface area contributed by atoms with Gasteiger partial charge in [0.25, 0.3) is 0 Å². The first kappa shape index (κ1) is 42.6. The third-order valence-electron chi connectivity index (χ3n) is 8.57. The molecule has 2 aliphatic rings. The Morgan fingerprint density at radius 1 is 0.843 bits per heavy atom. The first-order valence-corrected chi connectivity index (χ1v) is 17.5. The average molecular weight is 722 g/mol. The van der Waals surface area contributed by atoms with E-state index < -0.39 is 23.9 Å². The quantitative estimate of drug-likeness (QED) is 0.286. The Morgan fingerprint density at radius 2 is 1.33 bits per heavy atom. The number of benzene rings is 1. The standard InChI is InChI=1S/C18H27N3O3.C16H21F3N4O2.C2H6/c1-13(12-15-6-4-5-7-17(15)24-3)19-18(23)20-16-8-10-21(11-9-16)14(2)22;1-10(12-3-6-20-14(9-12)16(17,18)19)21-15(25)22-13-4-7-23(8-5-13)11(2)24;1-2/h4-7,13,16H,8-12H2,1-3H3,(H2,19,20,23);3,6,9-10,13H,4-5,7-8H2,1-2H3,(H2,21,22,25);1-2H3. The van der Waals surface area contributed by atoms with Crippen LogP contribution in [0.1, 0.15) is 90.1 Å². The number of amides is 6. The third-order valence-corrected chi connectivity index (χ3v) is 8.57. The highest BCUT2D eigenvalue weighted by molar-refractivity contribution is 5.76. The van der Waals surface area contributed by atoms with Gasteiger partial charge in [-0.15, -0.1) is 0 Å². The van der Waals surface area contributed by atoms with Gasteiger partial charge in [-0.2, -0.15) is 13.2 Å². The number of carbonyl (C=O) groups excluding carboxylic acids is 4. The lowest BCUT2D eigenvalue weighted by Crippen LogP contribution is -2.50. The predicted octanol–water partition coefficient (Wildman–Crippen LogP) is 5.43. The first-order valence-electron chi connectivity index (χ1n) is 17.5. The number of rotatable bonds is 8. The number of halogens is 3.